The normalized spacial score (nSPS) is 22.8. The van der Waals surface area contributed by atoms with Gasteiger partial charge in [0.1, 0.15) is 0 Å². The Kier molecular flexibility index (Phi) is 2.16. The second-order valence-electron chi connectivity index (χ2n) is 5.68. The molecule has 1 N–H and O–H groups in total. The van der Waals surface area contributed by atoms with Crippen LogP contribution in [0.4, 0.5) is 5.13 Å². The predicted molar refractivity (Wildman–Crippen MR) is 66.6 cm³/mol. The highest BCUT2D eigenvalue weighted by molar-refractivity contribution is 7.15. The van der Waals surface area contributed by atoms with Crippen LogP contribution < -0.4 is 5.32 Å². The molecular weight excluding hydrogens is 204 g/mol. The highest BCUT2D eigenvalue weighted by Crippen LogP contribution is 2.63. The molecule has 0 aromatic carbocycles. The van der Waals surface area contributed by atoms with Crippen molar-refractivity contribution in [1.82, 2.24) is 4.98 Å². The van der Waals surface area contributed by atoms with E-state index in [2.05, 4.69) is 51.8 Å². The van der Waals surface area contributed by atoms with Gasteiger partial charge in [0.15, 0.2) is 5.13 Å². The van der Waals surface area contributed by atoms with E-state index in [4.69, 9.17) is 0 Å². The summed E-state index contributed by atoms with van der Waals surface area (Å²) in [7, 11) is 0. The summed E-state index contributed by atoms with van der Waals surface area (Å²) in [6.45, 7) is 13.5. The highest BCUT2D eigenvalue weighted by Gasteiger charge is 2.65. The molecular formula is C12H20N2S. The molecule has 0 saturated heterocycles. The zero-order chi connectivity index (χ0) is 11.4. The highest BCUT2D eigenvalue weighted by atomic mass is 32.1. The molecule has 0 spiro atoms. The summed E-state index contributed by atoms with van der Waals surface area (Å²) in [5.74, 6) is 0. The number of anilines is 1. The Balaban J connectivity index is 2.12. The summed E-state index contributed by atoms with van der Waals surface area (Å²) in [4.78, 5) is 5.84. The molecule has 1 saturated carbocycles. The second-order valence-corrected chi connectivity index (χ2v) is 6.88. The van der Waals surface area contributed by atoms with Crippen molar-refractivity contribution in [1.29, 1.82) is 0 Å². The first kappa shape index (κ1) is 10.9. The van der Waals surface area contributed by atoms with E-state index in [1.54, 1.807) is 11.3 Å². The van der Waals surface area contributed by atoms with Gasteiger partial charge in [0.05, 0.1) is 5.69 Å². The molecule has 1 fully saturated rings. The Bertz CT molecular complexity index is 357. The maximum atomic E-state index is 4.53. The van der Waals surface area contributed by atoms with Gasteiger partial charge in [-0.1, -0.05) is 27.7 Å². The van der Waals surface area contributed by atoms with E-state index in [0.717, 1.165) is 10.8 Å². The molecule has 1 aromatic heterocycles. The Morgan fingerprint density at radius 2 is 1.67 bits per heavy atom. The van der Waals surface area contributed by atoms with E-state index in [1.807, 2.05) is 0 Å². The molecule has 0 radical (unpaired) electrons. The lowest BCUT2D eigenvalue weighted by Gasteiger charge is -2.03. The Labute approximate surface area is 96.1 Å². The van der Waals surface area contributed by atoms with Gasteiger partial charge in [-0.2, -0.15) is 0 Å². The predicted octanol–water partition coefficient (Wildman–Crippen LogP) is 3.61. The summed E-state index contributed by atoms with van der Waals surface area (Å²) < 4.78 is 0. The second kappa shape index (κ2) is 2.97. The molecule has 15 heavy (non-hydrogen) atoms. The van der Waals surface area contributed by atoms with Crippen LogP contribution in [0.25, 0.3) is 0 Å². The molecule has 0 amide bonds. The fourth-order valence-electron chi connectivity index (χ4n) is 2.22. The summed E-state index contributed by atoms with van der Waals surface area (Å²) in [5, 5.41) is 4.64. The first-order valence-electron chi connectivity index (χ1n) is 5.47. The first-order chi connectivity index (χ1) is 6.76. The van der Waals surface area contributed by atoms with Crippen LogP contribution in [0.5, 0.6) is 0 Å². The van der Waals surface area contributed by atoms with Gasteiger partial charge in [0, 0.05) is 10.9 Å². The SMILES string of the molecule is Cc1nc(NC2C(C)(C)C2(C)C)sc1C. The average Bonchev–Trinajstić information content (AvgIpc) is 2.43. The van der Waals surface area contributed by atoms with Gasteiger partial charge in [-0.15, -0.1) is 11.3 Å². The molecule has 1 aromatic rings. The number of thiazole rings is 1. The molecule has 1 heterocycles. The van der Waals surface area contributed by atoms with Crippen LogP contribution in [0.3, 0.4) is 0 Å². The van der Waals surface area contributed by atoms with E-state index in [0.29, 0.717) is 16.9 Å². The number of aromatic nitrogens is 1. The van der Waals surface area contributed by atoms with Crippen molar-refractivity contribution >= 4 is 16.5 Å². The fourth-order valence-corrected chi connectivity index (χ4v) is 3.06. The minimum absolute atomic E-state index is 0.375. The number of nitrogens with zero attached hydrogens (tertiary/aromatic N) is 1. The Morgan fingerprint density at radius 3 is 2.00 bits per heavy atom. The summed E-state index contributed by atoms with van der Waals surface area (Å²) >= 11 is 1.76. The van der Waals surface area contributed by atoms with E-state index in [9.17, 15) is 0 Å². The molecule has 1 aliphatic carbocycles. The van der Waals surface area contributed by atoms with Gasteiger partial charge in [-0.25, -0.2) is 4.98 Å². The zero-order valence-corrected chi connectivity index (χ0v) is 11.2. The van der Waals surface area contributed by atoms with E-state index in [1.165, 1.54) is 4.88 Å². The van der Waals surface area contributed by atoms with Gasteiger partial charge in [-0.05, 0) is 24.7 Å². The van der Waals surface area contributed by atoms with Gasteiger partial charge < -0.3 is 5.32 Å². The molecule has 2 nitrogen and oxygen atoms in total. The molecule has 3 heteroatoms. The number of nitrogens with one attached hydrogen (secondary N) is 1. The van der Waals surface area contributed by atoms with Gasteiger partial charge in [0.25, 0.3) is 0 Å². The zero-order valence-electron chi connectivity index (χ0n) is 10.4. The van der Waals surface area contributed by atoms with Crippen LogP contribution in [0, 0.1) is 24.7 Å². The third-order valence-electron chi connectivity index (χ3n) is 4.32. The molecule has 2 rings (SSSR count). The van der Waals surface area contributed by atoms with Crippen molar-refractivity contribution in [2.45, 2.75) is 47.6 Å². The molecule has 0 unspecified atom stereocenters. The molecule has 1 aliphatic rings. The maximum Gasteiger partial charge on any atom is 0.183 e. The fraction of sp³-hybridized carbons (Fsp3) is 0.750. The van der Waals surface area contributed by atoms with Gasteiger partial charge in [-0.3, -0.25) is 0 Å². The third kappa shape index (κ3) is 1.48. The lowest BCUT2D eigenvalue weighted by molar-refractivity contribution is 0.457. The van der Waals surface area contributed by atoms with Crippen LogP contribution in [0.15, 0.2) is 0 Å². The van der Waals surface area contributed by atoms with Crippen molar-refractivity contribution in [2.24, 2.45) is 10.8 Å². The van der Waals surface area contributed by atoms with Gasteiger partial charge in [0.2, 0.25) is 0 Å². The summed E-state index contributed by atoms with van der Waals surface area (Å²) in [6, 6.07) is 0.551. The lowest BCUT2D eigenvalue weighted by Crippen LogP contribution is -2.09. The molecule has 0 atom stereocenters. The van der Waals surface area contributed by atoms with Crippen LogP contribution >= 0.6 is 11.3 Å². The maximum absolute atomic E-state index is 4.53. The largest absolute Gasteiger partial charge is 0.358 e. The van der Waals surface area contributed by atoms with E-state index < -0.39 is 0 Å². The van der Waals surface area contributed by atoms with E-state index >= 15 is 0 Å². The Hall–Kier alpha value is -0.570. The summed E-state index contributed by atoms with van der Waals surface area (Å²) in [6.07, 6.45) is 0. The van der Waals surface area contributed by atoms with E-state index in [-0.39, 0.29) is 0 Å². The average molecular weight is 224 g/mol. The standard InChI is InChI=1S/C12H20N2S/c1-7-8(2)15-10(13-7)14-9-11(3,4)12(9,5)6/h9H,1-6H3,(H,13,14). The van der Waals surface area contributed by atoms with Crippen molar-refractivity contribution < 1.29 is 0 Å². The topological polar surface area (TPSA) is 24.9 Å². The van der Waals surface area contributed by atoms with Crippen LogP contribution in [-0.4, -0.2) is 11.0 Å². The third-order valence-corrected chi connectivity index (χ3v) is 5.32. The smallest absolute Gasteiger partial charge is 0.183 e. The summed E-state index contributed by atoms with van der Waals surface area (Å²) in [5.41, 5.74) is 1.90. The number of hydrogen-bond acceptors (Lipinski definition) is 3. The minimum atomic E-state index is 0.375. The minimum Gasteiger partial charge on any atom is -0.358 e. The van der Waals surface area contributed by atoms with Crippen molar-refractivity contribution in [3.05, 3.63) is 10.6 Å². The molecule has 0 aliphatic heterocycles. The molecule has 0 bridgehead atoms. The van der Waals surface area contributed by atoms with Crippen molar-refractivity contribution in [2.75, 3.05) is 5.32 Å². The monoisotopic (exact) mass is 224 g/mol. The van der Waals surface area contributed by atoms with Gasteiger partial charge >= 0.3 is 0 Å². The quantitative estimate of drug-likeness (QED) is 0.830. The molecule has 84 valence electrons. The van der Waals surface area contributed by atoms with Crippen LogP contribution in [0.1, 0.15) is 38.3 Å². The van der Waals surface area contributed by atoms with Crippen molar-refractivity contribution in [3.63, 3.8) is 0 Å². The van der Waals surface area contributed by atoms with Crippen LogP contribution in [0.2, 0.25) is 0 Å². The first-order valence-corrected chi connectivity index (χ1v) is 6.29. The number of aryl methyl sites for hydroxylation is 2. The van der Waals surface area contributed by atoms with Crippen LogP contribution in [-0.2, 0) is 0 Å². The van der Waals surface area contributed by atoms with Crippen molar-refractivity contribution in [3.8, 4) is 0 Å². The lowest BCUT2D eigenvalue weighted by atomic mass is 10.0. The number of hydrogen-bond donors (Lipinski definition) is 1. The Morgan fingerprint density at radius 1 is 1.13 bits per heavy atom. The number of rotatable bonds is 2.